The van der Waals surface area contributed by atoms with Crippen molar-refractivity contribution >= 4 is 17.7 Å². The third-order valence-electron chi connectivity index (χ3n) is 3.80. The topological polar surface area (TPSA) is 58.5 Å². The van der Waals surface area contributed by atoms with Gasteiger partial charge in [-0.15, -0.1) is 0 Å². The van der Waals surface area contributed by atoms with Crippen LogP contribution in [0.2, 0.25) is 0 Å². The minimum absolute atomic E-state index is 0.205. The van der Waals surface area contributed by atoms with Crippen molar-refractivity contribution in [3.63, 3.8) is 0 Å². The van der Waals surface area contributed by atoms with Crippen LogP contribution in [0.5, 0.6) is 5.88 Å². The molecule has 7 heteroatoms. The van der Waals surface area contributed by atoms with E-state index in [4.69, 9.17) is 4.74 Å². The van der Waals surface area contributed by atoms with Crippen molar-refractivity contribution in [2.24, 2.45) is 4.99 Å². The lowest BCUT2D eigenvalue weighted by atomic mass is 10.1. The molecule has 2 aromatic rings. The number of hydrogen-bond donors (Lipinski definition) is 2. The lowest BCUT2D eigenvalue weighted by molar-refractivity contribution is 0.323. The van der Waals surface area contributed by atoms with Crippen LogP contribution in [0.1, 0.15) is 30.5 Å². The first-order valence-electron chi connectivity index (χ1n) is 9.03. The largest absolute Gasteiger partial charge is 0.478 e. The number of guanidine groups is 1. The molecule has 1 aromatic carbocycles. The average Bonchev–Trinajstić information content (AvgIpc) is 2.67. The molecule has 0 atom stereocenters. The van der Waals surface area contributed by atoms with E-state index in [0.717, 1.165) is 29.0 Å². The lowest BCUT2D eigenvalue weighted by Gasteiger charge is -2.14. The smallest absolute Gasteiger partial charge is 0.218 e. The highest BCUT2D eigenvalue weighted by atomic mass is 32.2. The Morgan fingerprint density at radius 2 is 2.04 bits per heavy atom. The molecule has 0 bridgehead atoms. The van der Waals surface area contributed by atoms with Crippen LogP contribution < -0.4 is 15.4 Å². The Morgan fingerprint density at radius 3 is 2.78 bits per heavy atom. The third kappa shape index (κ3) is 6.75. The molecule has 0 fully saturated rings. The summed E-state index contributed by atoms with van der Waals surface area (Å²) in [6.45, 7) is 6.30. The van der Waals surface area contributed by atoms with Gasteiger partial charge in [0.1, 0.15) is 5.82 Å². The molecular formula is C20H27FN4OS. The summed E-state index contributed by atoms with van der Waals surface area (Å²) in [5, 5.41) is 6.56. The van der Waals surface area contributed by atoms with E-state index in [1.165, 1.54) is 6.07 Å². The van der Waals surface area contributed by atoms with Crippen molar-refractivity contribution in [3.8, 4) is 5.88 Å². The van der Waals surface area contributed by atoms with Gasteiger partial charge >= 0.3 is 0 Å². The molecule has 27 heavy (non-hydrogen) atoms. The highest BCUT2D eigenvalue weighted by Crippen LogP contribution is 2.17. The molecule has 2 N–H and O–H groups in total. The molecule has 146 valence electrons. The van der Waals surface area contributed by atoms with Gasteiger partial charge in [-0.3, -0.25) is 0 Å². The van der Waals surface area contributed by atoms with Gasteiger partial charge < -0.3 is 15.4 Å². The number of thioether (sulfide) groups is 1. The average molecular weight is 391 g/mol. The molecule has 0 aliphatic rings. The Morgan fingerprint density at radius 1 is 1.19 bits per heavy atom. The number of ether oxygens (including phenoxy) is 1. The van der Waals surface area contributed by atoms with E-state index < -0.39 is 0 Å². The molecule has 0 aliphatic carbocycles. The van der Waals surface area contributed by atoms with Gasteiger partial charge in [0.15, 0.2) is 5.96 Å². The van der Waals surface area contributed by atoms with E-state index in [9.17, 15) is 4.39 Å². The number of halogens is 1. The quantitative estimate of drug-likeness (QED) is 0.505. The first-order chi connectivity index (χ1) is 13.2. The van der Waals surface area contributed by atoms with Crippen molar-refractivity contribution in [2.75, 3.05) is 19.4 Å². The molecule has 0 saturated carbocycles. The number of aliphatic imine (C=N–C) groups is 1. The summed E-state index contributed by atoms with van der Waals surface area (Å²) in [4.78, 5) is 8.89. The van der Waals surface area contributed by atoms with Gasteiger partial charge in [0, 0.05) is 30.6 Å². The molecule has 0 saturated heterocycles. The van der Waals surface area contributed by atoms with Gasteiger partial charge in [-0.2, -0.15) is 11.8 Å². The molecule has 1 aromatic heterocycles. The van der Waals surface area contributed by atoms with E-state index >= 15 is 0 Å². The molecule has 0 spiro atoms. The molecular weight excluding hydrogens is 363 g/mol. The van der Waals surface area contributed by atoms with Gasteiger partial charge in [0.05, 0.1) is 13.2 Å². The molecule has 2 rings (SSSR count). The Hall–Kier alpha value is -2.28. The normalized spacial score (nSPS) is 11.3. The monoisotopic (exact) mass is 390 g/mol. The van der Waals surface area contributed by atoms with Crippen molar-refractivity contribution in [1.29, 1.82) is 0 Å². The van der Waals surface area contributed by atoms with Crippen molar-refractivity contribution in [1.82, 2.24) is 15.6 Å². The first kappa shape index (κ1) is 21.0. The standard InChI is InChI=1S/C20H27FN4OS/c1-4-22-20(25-13-16-7-6-10-23-19(16)26-5-2)24-12-15-8-9-18(21)11-17(15)14-27-3/h6-11H,4-5,12-14H2,1-3H3,(H2,22,24,25). The number of rotatable bonds is 9. The Labute approximate surface area is 164 Å². The lowest BCUT2D eigenvalue weighted by Crippen LogP contribution is -2.37. The maximum absolute atomic E-state index is 13.5. The van der Waals surface area contributed by atoms with E-state index in [-0.39, 0.29) is 5.82 Å². The fourth-order valence-electron chi connectivity index (χ4n) is 2.55. The van der Waals surface area contributed by atoms with E-state index in [2.05, 4.69) is 20.6 Å². The number of hydrogen-bond acceptors (Lipinski definition) is 4. The molecule has 1 heterocycles. The van der Waals surface area contributed by atoms with Crippen molar-refractivity contribution in [3.05, 3.63) is 59.0 Å². The summed E-state index contributed by atoms with van der Waals surface area (Å²) in [6, 6.07) is 8.75. The fraction of sp³-hybridized carbons (Fsp3) is 0.400. The van der Waals surface area contributed by atoms with Gasteiger partial charge in [-0.05, 0) is 49.4 Å². The fourth-order valence-corrected chi connectivity index (χ4v) is 3.13. The molecule has 0 aliphatic heterocycles. The van der Waals surface area contributed by atoms with Crippen LogP contribution in [0.15, 0.2) is 41.5 Å². The number of benzene rings is 1. The zero-order valence-corrected chi connectivity index (χ0v) is 16.9. The second kappa shape index (κ2) is 11.4. The Balaban J connectivity index is 2.08. The first-order valence-corrected chi connectivity index (χ1v) is 10.4. The third-order valence-corrected chi connectivity index (χ3v) is 4.40. The second-order valence-corrected chi connectivity index (χ2v) is 6.66. The SMILES string of the molecule is CCNC(=NCc1cccnc1OCC)NCc1ccc(F)cc1CSC. The van der Waals surface area contributed by atoms with Gasteiger partial charge in [0.25, 0.3) is 0 Å². The van der Waals surface area contributed by atoms with E-state index in [1.807, 2.05) is 38.3 Å². The van der Waals surface area contributed by atoms with Gasteiger partial charge in [-0.1, -0.05) is 12.1 Å². The van der Waals surface area contributed by atoms with Crippen molar-refractivity contribution in [2.45, 2.75) is 32.7 Å². The molecule has 0 radical (unpaired) electrons. The highest BCUT2D eigenvalue weighted by molar-refractivity contribution is 7.97. The minimum Gasteiger partial charge on any atom is -0.478 e. The van der Waals surface area contributed by atoms with Gasteiger partial charge in [-0.25, -0.2) is 14.4 Å². The summed E-state index contributed by atoms with van der Waals surface area (Å²) in [5.74, 6) is 1.88. The maximum atomic E-state index is 13.5. The van der Waals surface area contributed by atoms with Crippen LogP contribution in [0.3, 0.4) is 0 Å². The number of nitrogens with zero attached hydrogens (tertiary/aromatic N) is 2. The van der Waals surface area contributed by atoms with Crippen LogP contribution in [0.25, 0.3) is 0 Å². The highest BCUT2D eigenvalue weighted by Gasteiger charge is 2.07. The van der Waals surface area contributed by atoms with Crippen LogP contribution in [0.4, 0.5) is 4.39 Å². The van der Waals surface area contributed by atoms with E-state index in [1.54, 1.807) is 24.0 Å². The minimum atomic E-state index is -0.205. The summed E-state index contributed by atoms with van der Waals surface area (Å²) >= 11 is 1.67. The predicted octanol–water partition coefficient (Wildman–Crippen LogP) is 3.74. The Bertz CT molecular complexity index is 755. The number of nitrogens with one attached hydrogen (secondary N) is 2. The number of pyridine rings is 1. The van der Waals surface area contributed by atoms with Crippen LogP contribution >= 0.6 is 11.8 Å². The molecule has 0 amide bonds. The second-order valence-electron chi connectivity index (χ2n) is 5.80. The summed E-state index contributed by atoms with van der Waals surface area (Å²) < 4.78 is 19.1. The maximum Gasteiger partial charge on any atom is 0.218 e. The van der Waals surface area contributed by atoms with Gasteiger partial charge in [0.2, 0.25) is 5.88 Å². The summed E-state index contributed by atoms with van der Waals surface area (Å²) in [6.07, 6.45) is 3.72. The number of aromatic nitrogens is 1. The molecule has 0 unspecified atom stereocenters. The van der Waals surface area contributed by atoms with Crippen LogP contribution in [0, 0.1) is 5.82 Å². The van der Waals surface area contributed by atoms with Crippen LogP contribution in [-0.2, 0) is 18.8 Å². The summed E-state index contributed by atoms with van der Waals surface area (Å²) in [5.41, 5.74) is 2.99. The van der Waals surface area contributed by atoms with E-state index in [0.29, 0.717) is 31.5 Å². The molecule has 5 nitrogen and oxygen atoms in total. The van der Waals surface area contributed by atoms with Crippen LogP contribution in [-0.4, -0.2) is 30.4 Å². The zero-order chi connectivity index (χ0) is 19.5. The zero-order valence-electron chi connectivity index (χ0n) is 16.1. The van der Waals surface area contributed by atoms with Crippen molar-refractivity contribution < 1.29 is 9.13 Å². The Kier molecular flexibility index (Phi) is 8.91. The summed E-state index contributed by atoms with van der Waals surface area (Å²) in [7, 11) is 0. The predicted molar refractivity (Wildman–Crippen MR) is 111 cm³/mol.